The van der Waals surface area contributed by atoms with E-state index in [1.165, 1.54) is 45.2 Å². The summed E-state index contributed by atoms with van der Waals surface area (Å²) in [7, 11) is 8.92. The Morgan fingerprint density at radius 2 is 0.691 bits per heavy atom. The molecule has 0 saturated carbocycles. The average Bonchev–Trinajstić information content (AvgIpc) is 0.654. The van der Waals surface area contributed by atoms with Gasteiger partial charge in [-0.3, -0.25) is 0 Å². The Morgan fingerprint density at radius 1 is 0.309 bits per heavy atom. The molecule has 0 fully saturated rings. The number of hydrogen-bond donors (Lipinski definition) is 0. The van der Waals surface area contributed by atoms with Gasteiger partial charge in [0.05, 0.1) is 0 Å². The minimum absolute atomic E-state index is 0.0389. The summed E-state index contributed by atoms with van der Waals surface area (Å²) in [6.07, 6.45) is 7.95. The van der Waals surface area contributed by atoms with Crippen LogP contribution in [0, 0.1) is 103 Å². The number of rotatable bonds is 10. The van der Waals surface area contributed by atoms with Gasteiger partial charge < -0.3 is 0 Å². The summed E-state index contributed by atoms with van der Waals surface area (Å²) in [5.74, 6) is -6.16. The first kappa shape index (κ1) is 39.7. The quantitative estimate of drug-likeness (QED) is 0.122. The second-order valence-corrected chi connectivity index (χ2v) is 24.9. The first-order chi connectivity index (χ1) is 57.5. The van der Waals surface area contributed by atoms with Crippen LogP contribution in [0.4, 0.5) is 0 Å². The molecule has 0 spiro atoms. The third-order valence-corrected chi connectivity index (χ3v) is 16.6. The fraction of sp³-hybridized carbons (Fsp3) is 0.382. The number of benzene rings is 5. The van der Waals surface area contributed by atoms with Gasteiger partial charge in [0, 0.05) is 131 Å². The van der Waals surface area contributed by atoms with Crippen molar-refractivity contribution in [2.45, 2.75) is 195 Å². The molecule has 0 radical (unpaired) electrons. The summed E-state index contributed by atoms with van der Waals surface area (Å²) in [5.41, 5.74) is 19.9. The van der Waals surface area contributed by atoms with Crippen LogP contribution < -0.4 is 22.8 Å². The first-order valence-corrected chi connectivity index (χ1v) is 31.1. The summed E-state index contributed by atoms with van der Waals surface area (Å²) in [6.45, 7) is 1.61. The van der Waals surface area contributed by atoms with Gasteiger partial charge >= 0.3 is 0 Å². The monoisotopic (exact) mass is 1290 g/mol. The van der Waals surface area contributed by atoms with Gasteiger partial charge in [0.25, 0.3) is 0 Å². The zero-order valence-electron chi connectivity index (χ0n) is 92.4. The maximum absolute atomic E-state index is 8.44. The molecular weight excluding hydrogens is 1140 g/mol. The highest BCUT2D eigenvalue weighted by molar-refractivity contribution is 5.68. The molecule has 10 aromatic rings. The van der Waals surface area contributed by atoms with Crippen LogP contribution in [-0.4, -0.2) is 0 Å². The minimum Gasteiger partial charge on any atom is -0.201 e. The molecule has 5 heterocycles. The van der Waals surface area contributed by atoms with Crippen LogP contribution in [0.1, 0.15) is 243 Å². The van der Waals surface area contributed by atoms with Crippen molar-refractivity contribution in [3.63, 3.8) is 0 Å². The molecule has 0 aliphatic heterocycles. The Bertz CT molecular complexity index is 5630. The molecule has 0 amide bonds. The van der Waals surface area contributed by atoms with Gasteiger partial charge in [-0.15, -0.1) is 0 Å². The highest BCUT2D eigenvalue weighted by atomic mass is 14.9. The zero-order valence-corrected chi connectivity index (χ0v) is 58.4. The molecule has 3 unspecified atom stereocenters. The van der Waals surface area contributed by atoms with Crippen molar-refractivity contribution < 1.29 is 69.4 Å². The summed E-state index contributed by atoms with van der Waals surface area (Å²) in [4.78, 5) is 0. The molecule has 0 saturated heterocycles. The SMILES string of the molecule is [2H]C(C)(C)c1ccc(-c2cc(C)c(C([2H])(C)C([2H])([2H])[2H])c[n+]2C)c(C)c1.[2H]C([2H])([2H])Cc1ccc(-c2c(C)cc(C([2H])([2H])[2H])c[n+]2C)c(C)c1.[2H]C([2H])([2H])c1cc(C)c(-c2ccc(C([2H])(C)C([2H])([2H])[2H])cc2C)[n+](C)c1.[2H]C([2H])([2H])c1ccc(-c2c(C)cc(C([2H])([2H])[2H])c[n+]2C)c(C)c1.[2H]C([2H])([2H])c1ccc(-c2cc(C([2H])(C)C([2H])([2H])[2H])c(C([2H])([2H])[2H])c[n+]2C)c(C)c1. The Kier molecular flexibility index (Phi) is 13.8. The van der Waals surface area contributed by atoms with Gasteiger partial charge in [0.2, 0.25) is 28.5 Å². The van der Waals surface area contributed by atoms with Crippen molar-refractivity contribution in [1.82, 2.24) is 0 Å². The zero-order chi connectivity index (χ0) is 98.6. The van der Waals surface area contributed by atoms with E-state index >= 15 is 0 Å². The number of pyridine rings is 5. The van der Waals surface area contributed by atoms with Crippen LogP contribution in [0.3, 0.4) is 0 Å². The van der Waals surface area contributed by atoms with Crippen LogP contribution in [0.25, 0.3) is 56.3 Å². The molecular formula is C89H118N5+5. The smallest absolute Gasteiger partial charge is 0.201 e. The highest BCUT2D eigenvalue weighted by Crippen LogP contribution is 2.32. The summed E-state index contributed by atoms with van der Waals surface area (Å²) < 4.78 is 270. The molecule has 5 aromatic carbocycles. The van der Waals surface area contributed by atoms with Crippen LogP contribution in [0.2, 0.25) is 0 Å². The maximum Gasteiger partial charge on any atom is 0.215 e. The predicted octanol–water partition coefficient (Wildman–Crippen LogP) is 20.6. The molecule has 5 nitrogen and oxygen atoms in total. The van der Waals surface area contributed by atoms with E-state index in [9.17, 15) is 0 Å². The van der Waals surface area contributed by atoms with E-state index in [0.29, 0.717) is 39.1 Å². The molecule has 494 valence electrons. The first-order valence-electron chi connectivity index (χ1n) is 48.1. The topological polar surface area (TPSA) is 19.4 Å². The molecule has 5 heteroatoms. The van der Waals surface area contributed by atoms with E-state index in [4.69, 9.17) is 46.6 Å². The molecule has 10 rings (SSSR count). The Balaban J connectivity index is 0.000000247. The lowest BCUT2D eigenvalue weighted by atomic mass is 9.94. The van der Waals surface area contributed by atoms with Crippen LogP contribution >= 0.6 is 0 Å². The van der Waals surface area contributed by atoms with Gasteiger partial charge in [-0.05, 0) is 238 Å². The maximum atomic E-state index is 8.44. The molecule has 5 aromatic heterocycles. The van der Waals surface area contributed by atoms with E-state index in [1.807, 2.05) is 135 Å². The fourth-order valence-electron chi connectivity index (χ4n) is 11.9. The van der Waals surface area contributed by atoms with E-state index in [1.54, 1.807) is 127 Å². The summed E-state index contributed by atoms with van der Waals surface area (Å²) >= 11 is 0. The third kappa shape index (κ3) is 18.8. The lowest BCUT2D eigenvalue weighted by Gasteiger charge is -2.13. The minimum atomic E-state index is -2.75. The second kappa shape index (κ2) is 32.8. The second-order valence-electron chi connectivity index (χ2n) is 24.9. The molecule has 0 aliphatic carbocycles. The van der Waals surface area contributed by atoms with E-state index < -0.39 is 92.1 Å². The van der Waals surface area contributed by atoms with Crippen molar-refractivity contribution in [1.29, 1.82) is 0 Å². The highest BCUT2D eigenvalue weighted by Gasteiger charge is 2.22. The van der Waals surface area contributed by atoms with Crippen LogP contribution in [0.15, 0.2) is 152 Å². The molecule has 3 atom stereocenters. The Hall–Kier alpha value is -8.15. The molecule has 0 N–H and O–H groups in total. The lowest BCUT2D eigenvalue weighted by Crippen LogP contribution is -2.32. The average molecular weight is 1290 g/mol. The standard InChI is InChI=1S/C20H28N.2C18H24N.C17H22N.C16H20N/c1-13(2)17-8-9-18(15(5)10-17)20-11-16(6)19(14(3)4)12-21(20)7;1-12(2)16-7-8-17(14(4)10-16)18-15(5)9-13(3)11-19(18)6;1-12(2)17-10-18(19(6)11-15(17)5)16-8-7-13(3)9-14(16)4;1-6-15-7-8-16(13(3)10-15)17-14(4)9-12(2)11-18(17)5;1-11-6-7-15(13(3)8-11)16-14(4)9-12(2)10-17(16)5/h8-14H,1-7H3;2*7-12H,1-6H3;7-11H,6H2,1-5H3;6-10H,1-5H3/q5*+1/i3D3,13D,14D;1D3,3D3,12D;1D3,3D3,5D3,12D;2*1D3,2D3. The fourth-order valence-corrected chi connectivity index (χ4v) is 11.9. The summed E-state index contributed by atoms with van der Waals surface area (Å²) in [5, 5.41) is 0. The number of hydrogen-bond acceptors (Lipinski definition) is 0. The van der Waals surface area contributed by atoms with Crippen molar-refractivity contribution in [2.75, 3.05) is 0 Å². The molecule has 0 bridgehead atoms. The van der Waals surface area contributed by atoms with Crippen molar-refractivity contribution >= 4 is 0 Å². The van der Waals surface area contributed by atoms with E-state index in [2.05, 4.69) is 0 Å². The largest absolute Gasteiger partial charge is 0.215 e. The number of aromatic nitrogens is 5. The van der Waals surface area contributed by atoms with Crippen LogP contribution in [-0.2, 0) is 41.7 Å². The Morgan fingerprint density at radius 3 is 1.10 bits per heavy atom. The molecule has 0 aliphatic rings. The normalized spacial score (nSPS) is 19.7. The van der Waals surface area contributed by atoms with Gasteiger partial charge in [-0.1, -0.05) is 134 Å². The van der Waals surface area contributed by atoms with Crippen molar-refractivity contribution in [3.05, 3.63) is 264 Å². The van der Waals surface area contributed by atoms with E-state index in [0.717, 1.165) is 101 Å². The summed E-state index contributed by atoms with van der Waals surface area (Å²) in [6, 6.07) is 34.9. The lowest BCUT2D eigenvalue weighted by molar-refractivity contribution is -0.661. The van der Waals surface area contributed by atoms with Crippen molar-refractivity contribution in [3.8, 4) is 56.3 Å². The number of nitrogens with zero attached hydrogens (tertiary/aromatic N) is 5. The van der Waals surface area contributed by atoms with Gasteiger partial charge in [0.1, 0.15) is 35.2 Å². The van der Waals surface area contributed by atoms with Crippen LogP contribution in [0.5, 0.6) is 0 Å². The van der Waals surface area contributed by atoms with Crippen molar-refractivity contribution in [2.24, 2.45) is 35.2 Å². The van der Waals surface area contributed by atoms with E-state index in [-0.39, 0.29) is 34.2 Å². The van der Waals surface area contributed by atoms with Gasteiger partial charge in [-0.2, -0.15) is 0 Å². The predicted molar refractivity (Wildman–Crippen MR) is 402 cm³/mol. The van der Waals surface area contributed by atoms with Gasteiger partial charge in [-0.25, -0.2) is 22.8 Å². The third-order valence-electron chi connectivity index (χ3n) is 16.6. The number of aryl methyl sites for hydroxylation is 21. The van der Waals surface area contributed by atoms with Gasteiger partial charge in [0.15, 0.2) is 31.0 Å². The molecule has 94 heavy (non-hydrogen) atoms. The Labute approximate surface area is 618 Å².